The third kappa shape index (κ3) is 3.75. The minimum Gasteiger partial charge on any atom is -0.378 e. The molecule has 1 aliphatic rings. The predicted octanol–water partition coefficient (Wildman–Crippen LogP) is 0.974. The zero-order valence-electron chi connectivity index (χ0n) is 8.45. The highest BCUT2D eigenvalue weighted by atomic mass is 16.5. The van der Waals surface area contributed by atoms with Crippen LogP contribution in [0.5, 0.6) is 0 Å². The van der Waals surface area contributed by atoms with Gasteiger partial charge in [-0.05, 0) is 19.8 Å². The molecule has 4 heteroatoms. The number of rotatable bonds is 4. The van der Waals surface area contributed by atoms with Gasteiger partial charge >= 0.3 is 0 Å². The van der Waals surface area contributed by atoms with Crippen molar-refractivity contribution in [3.05, 3.63) is 0 Å². The Hall–Kier alpha value is -1.08. The number of amides is 1. The van der Waals surface area contributed by atoms with Crippen LogP contribution < -0.4 is 5.32 Å². The molecule has 1 amide bonds. The molecule has 1 aliphatic heterocycles. The molecule has 1 rings (SSSR count). The maximum absolute atomic E-state index is 11.4. The summed E-state index contributed by atoms with van der Waals surface area (Å²) in [6, 6.07) is 1.96. The van der Waals surface area contributed by atoms with Gasteiger partial charge in [-0.15, -0.1) is 0 Å². The van der Waals surface area contributed by atoms with Crippen LogP contribution in [0, 0.1) is 11.3 Å². The van der Waals surface area contributed by atoms with Gasteiger partial charge in [0.05, 0.1) is 25.0 Å². The Morgan fingerprint density at radius 3 is 3.14 bits per heavy atom. The molecule has 1 heterocycles. The van der Waals surface area contributed by atoms with Crippen LogP contribution >= 0.6 is 0 Å². The zero-order chi connectivity index (χ0) is 10.4. The van der Waals surface area contributed by atoms with Crippen molar-refractivity contribution in [2.45, 2.75) is 44.8 Å². The van der Waals surface area contributed by atoms with E-state index in [1.54, 1.807) is 0 Å². The second-order valence-corrected chi connectivity index (χ2v) is 3.67. The van der Waals surface area contributed by atoms with Crippen molar-refractivity contribution < 1.29 is 9.53 Å². The maximum Gasteiger partial charge on any atom is 0.222 e. The van der Waals surface area contributed by atoms with Crippen molar-refractivity contribution >= 4 is 5.91 Å². The van der Waals surface area contributed by atoms with Gasteiger partial charge in [0.1, 0.15) is 0 Å². The van der Waals surface area contributed by atoms with Gasteiger partial charge in [-0.1, -0.05) is 0 Å². The first-order chi connectivity index (χ1) is 6.72. The Balaban J connectivity index is 2.18. The van der Waals surface area contributed by atoms with E-state index in [0.29, 0.717) is 12.8 Å². The lowest BCUT2D eigenvalue weighted by molar-refractivity contribution is -0.123. The molecule has 0 saturated carbocycles. The lowest BCUT2D eigenvalue weighted by Crippen LogP contribution is -2.34. The molecule has 1 saturated heterocycles. The Bertz CT molecular complexity index is 229. The van der Waals surface area contributed by atoms with Crippen molar-refractivity contribution in [3.63, 3.8) is 0 Å². The SMILES string of the molecule is CC(CC#N)NC(=O)CC1CCCO1. The molecule has 1 N–H and O–H groups in total. The Labute approximate surface area is 84.2 Å². The average Bonchev–Trinajstić information content (AvgIpc) is 2.56. The standard InChI is InChI=1S/C10H16N2O2/c1-8(4-5-11)12-10(13)7-9-3-2-6-14-9/h8-9H,2-4,6-7H2,1H3,(H,12,13). The summed E-state index contributed by atoms with van der Waals surface area (Å²) in [4.78, 5) is 11.4. The number of hydrogen-bond acceptors (Lipinski definition) is 3. The maximum atomic E-state index is 11.4. The Kier molecular flexibility index (Phi) is 4.41. The first-order valence-corrected chi connectivity index (χ1v) is 5.00. The number of nitriles is 1. The molecular weight excluding hydrogens is 180 g/mol. The fourth-order valence-corrected chi connectivity index (χ4v) is 1.53. The highest BCUT2D eigenvalue weighted by Gasteiger charge is 2.19. The van der Waals surface area contributed by atoms with E-state index in [2.05, 4.69) is 5.32 Å². The van der Waals surface area contributed by atoms with Crippen LogP contribution in [0.1, 0.15) is 32.6 Å². The quantitative estimate of drug-likeness (QED) is 0.728. The van der Waals surface area contributed by atoms with E-state index in [1.807, 2.05) is 13.0 Å². The third-order valence-electron chi connectivity index (χ3n) is 2.24. The van der Waals surface area contributed by atoms with Gasteiger partial charge in [0.2, 0.25) is 5.91 Å². The van der Waals surface area contributed by atoms with E-state index in [4.69, 9.17) is 10.00 Å². The van der Waals surface area contributed by atoms with Crippen molar-refractivity contribution in [2.24, 2.45) is 0 Å². The number of hydrogen-bond donors (Lipinski definition) is 1. The van der Waals surface area contributed by atoms with Crippen LogP contribution in [-0.4, -0.2) is 24.7 Å². The molecule has 14 heavy (non-hydrogen) atoms. The smallest absolute Gasteiger partial charge is 0.222 e. The van der Waals surface area contributed by atoms with E-state index < -0.39 is 0 Å². The third-order valence-corrected chi connectivity index (χ3v) is 2.24. The highest BCUT2D eigenvalue weighted by molar-refractivity contribution is 5.76. The lowest BCUT2D eigenvalue weighted by atomic mass is 10.1. The molecule has 0 aromatic heterocycles. The molecule has 4 nitrogen and oxygen atoms in total. The fraction of sp³-hybridized carbons (Fsp3) is 0.800. The number of ether oxygens (including phenoxy) is 1. The molecule has 0 aliphatic carbocycles. The van der Waals surface area contributed by atoms with Crippen LogP contribution in [0.15, 0.2) is 0 Å². The molecule has 1 fully saturated rings. The van der Waals surface area contributed by atoms with E-state index >= 15 is 0 Å². The summed E-state index contributed by atoms with van der Waals surface area (Å²) < 4.78 is 5.34. The van der Waals surface area contributed by atoms with Gasteiger partial charge in [0.25, 0.3) is 0 Å². The Morgan fingerprint density at radius 1 is 1.79 bits per heavy atom. The highest BCUT2D eigenvalue weighted by Crippen LogP contribution is 2.14. The van der Waals surface area contributed by atoms with Gasteiger partial charge in [-0.25, -0.2) is 0 Å². The summed E-state index contributed by atoms with van der Waals surface area (Å²) in [6.07, 6.45) is 2.89. The summed E-state index contributed by atoms with van der Waals surface area (Å²) in [6.45, 7) is 2.60. The molecule has 0 radical (unpaired) electrons. The molecule has 78 valence electrons. The first kappa shape index (κ1) is 11.0. The second-order valence-electron chi connectivity index (χ2n) is 3.67. The Morgan fingerprint density at radius 2 is 2.57 bits per heavy atom. The minimum absolute atomic E-state index is 0.0142. The van der Waals surface area contributed by atoms with E-state index in [1.165, 1.54) is 0 Å². The van der Waals surface area contributed by atoms with E-state index in [-0.39, 0.29) is 18.1 Å². The topological polar surface area (TPSA) is 62.1 Å². The number of carbonyl (C=O) groups excluding carboxylic acids is 1. The van der Waals surface area contributed by atoms with E-state index in [9.17, 15) is 4.79 Å². The van der Waals surface area contributed by atoms with Crippen molar-refractivity contribution in [1.29, 1.82) is 5.26 Å². The van der Waals surface area contributed by atoms with Crippen molar-refractivity contribution in [1.82, 2.24) is 5.32 Å². The van der Waals surface area contributed by atoms with E-state index in [0.717, 1.165) is 19.4 Å². The minimum atomic E-state index is -0.0612. The van der Waals surface area contributed by atoms with Crippen LogP contribution in [0.25, 0.3) is 0 Å². The van der Waals surface area contributed by atoms with Gasteiger partial charge in [-0.2, -0.15) is 5.26 Å². The van der Waals surface area contributed by atoms with Crippen LogP contribution in [0.2, 0.25) is 0 Å². The molecule has 0 aromatic rings. The average molecular weight is 196 g/mol. The van der Waals surface area contributed by atoms with Crippen LogP contribution in [-0.2, 0) is 9.53 Å². The van der Waals surface area contributed by atoms with Gasteiger partial charge in [0.15, 0.2) is 0 Å². The molecule has 0 aromatic carbocycles. The largest absolute Gasteiger partial charge is 0.378 e. The van der Waals surface area contributed by atoms with Crippen LogP contribution in [0.3, 0.4) is 0 Å². The number of nitrogens with zero attached hydrogens (tertiary/aromatic N) is 1. The molecule has 0 bridgehead atoms. The summed E-state index contributed by atoms with van der Waals surface area (Å²) >= 11 is 0. The monoisotopic (exact) mass is 196 g/mol. The number of carbonyl (C=O) groups is 1. The van der Waals surface area contributed by atoms with Crippen LogP contribution in [0.4, 0.5) is 0 Å². The number of nitrogens with one attached hydrogen (secondary N) is 1. The summed E-state index contributed by atoms with van der Waals surface area (Å²) in [7, 11) is 0. The first-order valence-electron chi connectivity index (χ1n) is 5.00. The summed E-state index contributed by atoms with van der Waals surface area (Å²) in [5.41, 5.74) is 0. The lowest BCUT2D eigenvalue weighted by Gasteiger charge is -2.12. The zero-order valence-corrected chi connectivity index (χ0v) is 8.45. The van der Waals surface area contributed by atoms with Crippen molar-refractivity contribution in [2.75, 3.05) is 6.61 Å². The molecule has 2 unspecified atom stereocenters. The fourth-order valence-electron chi connectivity index (χ4n) is 1.53. The molecule has 2 atom stereocenters. The van der Waals surface area contributed by atoms with Gasteiger partial charge in [-0.3, -0.25) is 4.79 Å². The summed E-state index contributed by atoms with van der Waals surface area (Å²) in [5.74, 6) is -0.0142. The van der Waals surface area contributed by atoms with Crippen molar-refractivity contribution in [3.8, 4) is 6.07 Å². The molecular formula is C10H16N2O2. The predicted molar refractivity (Wildman–Crippen MR) is 51.4 cm³/mol. The van der Waals surface area contributed by atoms with Gasteiger partial charge < -0.3 is 10.1 Å². The van der Waals surface area contributed by atoms with Gasteiger partial charge in [0, 0.05) is 12.6 Å². The normalized spacial score (nSPS) is 22.7. The summed E-state index contributed by atoms with van der Waals surface area (Å²) in [5, 5.41) is 11.2. The molecule has 0 spiro atoms. The second kappa shape index (κ2) is 5.61.